The van der Waals surface area contributed by atoms with Crippen LogP contribution in [0.2, 0.25) is 0 Å². The van der Waals surface area contributed by atoms with Crippen molar-refractivity contribution in [1.29, 1.82) is 0 Å². The number of epoxide rings is 1. The van der Waals surface area contributed by atoms with E-state index >= 15 is 0 Å². The molecule has 3 rings (SSSR count). The third-order valence-electron chi connectivity index (χ3n) is 7.64. The van der Waals surface area contributed by atoms with Crippen LogP contribution in [0.1, 0.15) is 65.0 Å². The summed E-state index contributed by atoms with van der Waals surface area (Å²) in [5, 5.41) is -2.17. The van der Waals surface area contributed by atoms with E-state index in [0.717, 1.165) is 29.6 Å². The van der Waals surface area contributed by atoms with Gasteiger partial charge >= 0.3 is 6.09 Å². The van der Waals surface area contributed by atoms with Crippen LogP contribution in [0.4, 0.5) is 4.79 Å². The molecule has 11 nitrogen and oxygen atoms in total. The standard InChI is InChI=1S/C30H43N3O8S2/c1-28(2,3)33(27(35)40-21-23-18-11-8-12-19-23)25(29(4,5)42(6,36)37)26(34)32-43(38,39)30(31)24(41-30)20-14-13-17-22-15-9-7-10-16-22/h7-12,15-16,18-19,24-25H,13-14,17,20-21,31H2,1-6H3,(H,32,34)/t24?,25-,30?/m1/s1. The Morgan fingerprint density at radius 2 is 1.49 bits per heavy atom. The monoisotopic (exact) mass is 637 g/mol. The Kier molecular flexibility index (Phi) is 10.4. The van der Waals surface area contributed by atoms with Crippen molar-refractivity contribution in [2.45, 2.75) is 94.4 Å². The Bertz CT molecular complexity index is 1490. The number of sulfonamides is 1. The second-order valence-corrected chi connectivity index (χ2v) is 16.8. The lowest BCUT2D eigenvalue weighted by Crippen LogP contribution is -2.67. The van der Waals surface area contributed by atoms with Crippen molar-refractivity contribution >= 4 is 31.9 Å². The van der Waals surface area contributed by atoms with E-state index in [1.807, 2.05) is 35.1 Å². The summed E-state index contributed by atoms with van der Waals surface area (Å²) in [5.74, 6) is -1.25. The number of nitrogens with one attached hydrogen (secondary N) is 1. The van der Waals surface area contributed by atoms with E-state index < -0.39 is 59.3 Å². The highest BCUT2D eigenvalue weighted by molar-refractivity contribution is 7.92. The zero-order valence-electron chi connectivity index (χ0n) is 25.6. The number of sulfone groups is 1. The van der Waals surface area contributed by atoms with Crippen molar-refractivity contribution in [2.75, 3.05) is 6.26 Å². The maximum atomic E-state index is 13.8. The number of ether oxygens (including phenoxy) is 2. The SMILES string of the molecule is CC(C)(C)N(C(=O)OCc1ccccc1)[C@H](C(=O)NS(=O)(=O)C1(N)OC1CCCCc1ccccc1)C(C)(C)S(C)(=O)=O. The van der Waals surface area contributed by atoms with Crippen molar-refractivity contribution < 1.29 is 35.9 Å². The molecule has 0 saturated carbocycles. The molecule has 2 amide bonds. The van der Waals surface area contributed by atoms with E-state index in [-0.39, 0.29) is 6.61 Å². The summed E-state index contributed by atoms with van der Waals surface area (Å²) in [7, 11) is -8.70. The Hall–Kier alpha value is -3.00. The summed E-state index contributed by atoms with van der Waals surface area (Å²) in [6.07, 6.45) is 1.63. The quantitative estimate of drug-likeness (QED) is 0.247. The van der Waals surface area contributed by atoms with Crippen molar-refractivity contribution in [3.8, 4) is 0 Å². The zero-order chi connectivity index (χ0) is 32.3. The molecule has 2 unspecified atom stereocenters. The van der Waals surface area contributed by atoms with Crippen LogP contribution in [0.3, 0.4) is 0 Å². The summed E-state index contributed by atoms with van der Waals surface area (Å²) in [6.45, 7) is 7.12. The van der Waals surface area contributed by atoms with E-state index in [9.17, 15) is 26.4 Å². The predicted octanol–water partition coefficient (Wildman–Crippen LogP) is 3.49. The second kappa shape index (κ2) is 12.9. The van der Waals surface area contributed by atoms with Gasteiger partial charge in [0, 0.05) is 11.8 Å². The number of aryl methyl sites for hydroxylation is 1. The van der Waals surface area contributed by atoms with Gasteiger partial charge in [0.1, 0.15) is 18.8 Å². The Morgan fingerprint density at radius 1 is 0.953 bits per heavy atom. The molecular weight excluding hydrogens is 594 g/mol. The minimum Gasteiger partial charge on any atom is -0.445 e. The third-order valence-corrected chi connectivity index (χ3v) is 11.4. The number of hydrogen-bond acceptors (Lipinski definition) is 9. The topological polar surface area (TPSA) is 165 Å². The normalized spacial score (nSPS) is 19.7. The minimum atomic E-state index is -4.65. The Balaban J connectivity index is 1.80. The van der Waals surface area contributed by atoms with Crippen molar-refractivity contribution in [3.05, 3.63) is 71.8 Å². The first-order chi connectivity index (χ1) is 19.8. The molecule has 43 heavy (non-hydrogen) atoms. The summed E-state index contributed by atoms with van der Waals surface area (Å²) < 4.78 is 63.5. The van der Waals surface area contributed by atoms with Gasteiger partial charge in [-0.2, -0.15) is 0 Å². The lowest BCUT2D eigenvalue weighted by Gasteiger charge is -2.45. The van der Waals surface area contributed by atoms with E-state index in [2.05, 4.69) is 0 Å². The average molecular weight is 638 g/mol. The lowest BCUT2D eigenvalue weighted by atomic mass is 9.95. The Labute approximate surface area is 255 Å². The number of carbonyl (C=O) groups is 2. The highest BCUT2D eigenvalue weighted by atomic mass is 32.2. The fraction of sp³-hybridized carbons (Fsp3) is 0.533. The lowest BCUT2D eigenvalue weighted by molar-refractivity contribution is -0.127. The molecule has 238 valence electrons. The van der Waals surface area contributed by atoms with Crippen LogP contribution in [0.5, 0.6) is 0 Å². The van der Waals surface area contributed by atoms with Crippen LogP contribution in [0.25, 0.3) is 0 Å². The van der Waals surface area contributed by atoms with Crippen LogP contribution in [-0.2, 0) is 47.2 Å². The smallest absolute Gasteiger partial charge is 0.411 e. The van der Waals surface area contributed by atoms with Gasteiger partial charge in [0.2, 0.25) is 0 Å². The molecule has 0 aromatic heterocycles. The molecule has 1 aliphatic rings. The average Bonchev–Trinajstić information content (AvgIpc) is 3.59. The number of amides is 2. The molecule has 3 N–H and O–H groups in total. The second-order valence-electron chi connectivity index (χ2n) is 12.4. The first kappa shape index (κ1) is 34.5. The van der Waals surface area contributed by atoms with E-state index in [4.69, 9.17) is 15.2 Å². The van der Waals surface area contributed by atoms with Gasteiger partial charge in [-0.25, -0.2) is 26.4 Å². The van der Waals surface area contributed by atoms with Crippen LogP contribution < -0.4 is 10.5 Å². The highest BCUT2D eigenvalue weighted by Crippen LogP contribution is 2.40. The molecule has 2 aromatic carbocycles. The fourth-order valence-corrected chi connectivity index (χ4v) is 6.62. The molecule has 0 aliphatic carbocycles. The molecule has 0 bridgehead atoms. The zero-order valence-corrected chi connectivity index (χ0v) is 27.2. The predicted molar refractivity (Wildman–Crippen MR) is 164 cm³/mol. The van der Waals surface area contributed by atoms with Crippen LogP contribution >= 0.6 is 0 Å². The van der Waals surface area contributed by atoms with Crippen LogP contribution in [0.15, 0.2) is 60.7 Å². The molecule has 1 saturated heterocycles. The largest absolute Gasteiger partial charge is 0.445 e. The maximum absolute atomic E-state index is 13.8. The molecule has 3 atom stereocenters. The molecule has 1 fully saturated rings. The number of unbranched alkanes of at least 4 members (excludes halogenated alkanes) is 1. The summed E-state index contributed by atoms with van der Waals surface area (Å²) in [6, 6.07) is 16.8. The summed E-state index contributed by atoms with van der Waals surface area (Å²) in [5.41, 5.74) is 6.75. The van der Waals surface area contributed by atoms with E-state index in [1.165, 1.54) is 13.8 Å². The number of rotatable bonds is 13. The van der Waals surface area contributed by atoms with E-state index in [0.29, 0.717) is 18.4 Å². The van der Waals surface area contributed by atoms with Crippen LogP contribution in [0, 0.1) is 0 Å². The van der Waals surface area contributed by atoms with Crippen molar-refractivity contribution in [2.24, 2.45) is 5.73 Å². The van der Waals surface area contributed by atoms with Gasteiger partial charge in [0.25, 0.3) is 21.0 Å². The van der Waals surface area contributed by atoms with Crippen molar-refractivity contribution in [3.63, 3.8) is 0 Å². The van der Waals surface area contributed by atoms with Crippen molar-refractivity contribution in [1.82, 2.24) is 9.62 Å². The highest BCUT2D eigenvalue weighted by Gasteiger charge is 2.65. The molecule has 13 heteroatoms. The number of nitrogens with zero attached hydrogens (tertiary/aromatic N) is 1. The van der Waals surface area contributed by atoms with Gasteiger partial charge in [-0.3, -0.25) is 15.4 Å². The van der Waals surface area contributed by atoms with E-state index in [1.54, 1.807) is 51.1 Å². The fourth-order valence-electron chi connectivity index (χ4n) is 4.76. The minimum absolute atomic E-state index is 0.149. The van der Waals surface area contributed by atoms with Gasteiger partial charge in [-0.1, -0.05) is 67.1 Å². The van der Waals surface area contributed by atoms with Gasteiger partial charge in [-0.05, 0) is 65.0 Å². The molecule has 0 spiro atoms. The van der Waals surface area contributed by atoms with Gasteiger partial charge in [0.15, 0.2) is 9.84 Å². The number of benzene rings is 2. The number of hydrogen-bond donors (Lipinski definition) is 2. The molecule has 1 heterocycles. The maximum Gasteiger partial charge on any atom is 0.411 e. The van der Waals surface area contributed by atoms with Gasteiger partial charge in [-0.15, -0.1) is 0 Å². The number of nitrogens with two attached hydrogens (primary N) is 1. The third kappa shape index (κ3) is 8.14. The first-order valence-electron chi connectivity index (χ1n) is 14.1. The molecule has 1 aliphatic heterocycles. The summed E-state index contributed by atoms with van der Waals surface area (Å²) in [4.78, 5) is 28.2. The molecule has 0 radical (unpaired) electrons. The van der Waals surface area contributed by atoms with Gasteiger partial charge < -0.3 is 9.47 Å². The van der Waals surface area contributed by atoms with Gasteiger partial charge in [0.05, 0.1) is 4.75 Å². The molecule has 2 aromatic rings. The number of carbonyl (C=O) groups excluding carboxylic acids is 2. The molecular formula is C30H43N3O8S2. The summed E-state index contributed by atoms with van der Waals surface area (Å²) >= 11 is 0. The first-order valence-corrected chi connectivity index (χ1v) is 17.4. The van der Waals surface area contributed by atoms with Crippen LogP contribution in [-0.4, -0.2) is 67.5 Å². The Morgan fingerprint density at radius 3 is 2.00 bits per heavy atom.